The molecule has 0 heterocycles. The summed E-state index contributed by atoms with van der Waals surface area (Å²) in [6.07, 6.45) is 1.87. The maximum Gasteiger partial charge on any atom is 0.128 e. The summed E-state index contributed by atoms with van der Waals surface area (Å²) in [6, 6.07) is 38.2. The van der Waals surface area contributed by atoms with Crippen molar-refractivity contribution in [3.8, 4) is 11.5 Å². The monoisotopic (exact) mass is 378 g/mol. The topological polar surface area (TPSA) is 24.8 Å². The largest absolute Gasteiger partial charge is 0.457 e. The fraction of sp³-hybridized carbons (Fsp3) is 0.0385. The van der Waals surface area contributed by atoms with Crippen molar-refractivity contribution in [1.82, 2.24) is 0 Å². The third-order valence-corrected chi connectivity index (χ3v) is 4.41. The summed E-state index contributed by atoms with van der Waals surface area (Å²) < 4.78 is 5.93. The van der Waals surface area contributed by atoms with Crippen LogP contribution in [0, 0.1) is 0 Å². The summed E-state index contributed by atoms with van der Waals surface area (Å²) in [5.41, 5.74) is 3.23. The third kappa shape index (κ3) is 5.33. The zero-order valence-electron chi connectivity index (χ0n) is 16.1. The van der Waals surface area contributed by atoms with Crippen molar-refractivity contribution in [2.45, 2.75) is 6.54 Å². The zero-order chi connectivity index (χ0) is 19.7. The molecule has 0 aliphatic heterocycles. The molecule has 4 aromatic rings. The first-order valence-electron chi connectivity index (χ1n) is 9.60. The Morgan fingerprint density at radius 1 is 0.655 bits per heavy atom. The summed E-state index contributed by atoms with van der Waals surface area (Å²) in [4.78, 5) is 0. The minimum atomic E-state index is 0.696. The molecule has 142 valence electrons. The van der Waals surface area contributed by atoms with Gasteiger partial charge in [0, 0.05) is 0 Å². The molecule has 0 spiro atoms. The minimum absolute atomic E-state index is 0.696. The van der Waals surface area contributed by atoms with E-state index in [1.807, 2.05) is 102 Å². The number of benzene rings is 4. The van der Waals surface area contributed by atoms with Gasteiger partial charge in [-0.2, -0.15) is 5.10 Å². The zero-order valence-corrected chi connectivity index (χ0v) is 16.1. The summed E-state index contributed by atoms with van der Waals surface area (Å²) in [7, 11) is 0. The van der Waals surface area contributed by atoms with Gasteiger partial charge in [-0.15, -0.1) is 0 Å². The van der Waals surface area contributed by atoms with E-state index in [1.54, 1.807) is 0 Å². The van der Waals surface area contributed by atoms with Crippen molar-refractivity contribution in [2.24, 2.45) is 5.10 Å². The Bertz CT molecular complexity index is 1050. The van der Waals surface area contributed by atoms with E-state index in [-0.39, 0.29) is 0 Å². The Hall–Kier alpha value is -3.85. The number of hydrogen-bond acceptors (Lipinski definition) is 3. The lowest BCUT2D eigenvalue weighted by molar-refractivity contribution is 0.482. The Morgan fingerprint density at radius 2 is 1.28 bits per heavy atom. The quantitative estimate of drug-likeness (QED) is 0.270. The van der Waals surface area contributed by atoms with Gasteiger partial charge in [-0.05, 0) is 47.5 Å². The SMILES string of the molecule is C(=NN(Cc1ccccc1)c1ccccc1)c1cccc(Oc2ccccc2)c1. The van der Waals surface area contributed by atoms with Gasteiger partial charge in [-0.3, -0.25) is 5.01 Å². The molecule has 3 heteroatoms. The van der Waals surface area contributed by atoms with Gasteiger partial charge in [0.2, 0.25) is 0 Å². The lowest BCUT2D eigenvalue weighted by atomic mass is 10.2. The fourth-order valence-corrected chi connectivity index (χ4v) is 2.97. The highest BCUT2D eigenvalue weighted by atomic mass is 16.5. The van der Waals surface area contributed by atoms with Crippen molar-refractivity contribution in [2.75, 3.05) is 5.01 Å². The Labute approximate surface area is 171 Å². The molecule has 0 bridgehead atoms. The van der Waals surface area contributed by atoms with Crippen LogP contribution in [0.1, 0.15) is 11.1 Å². The van der Waals surface area contributed by atoms with Gasteiger partial charge >= 0.3 is 0 Å². The molecule has 0 fully saturated rings. The van der Waals surface area contributed by atoms with E-state index in [9.17, 15) is 0 Å². The van der Waals surface area contributed by atoms with E-state index in [1.165, 1.54) is 5.56 Å². The van der Waals surface area contributed by atoms with Gasteiger partial charge in [0.25, 0.3) is 0 Å². The Kier molecular flexibility index (Phi) is 5.99. The average Bonchev–Trinajstić information content (AvgIpc) is 2.79. The smallest absolute Gasteiger partial charge is 0.128 e. The molecule has 3 nitrogen and oxygen atoms in total. The summed E-state index contributed by atoms with van der Waals surface area (Å²) in [5, 5.41) is 6.76. The second kappa shape index (κ2) is 9.38. The maximum absolute atomic E-state index is 5.93. The van der Waals surface area contributed by atoms with Gasteiger partial charge in [0.15, 0.2) is 0 Å². The van der Waals surface area contributed by atoms with Crippen LogP contribution in [0.3, 0.4) is 0 Å². The first-order chi connectivity index (χ1) is 14.4. The van der Waals surface area contributed by atoms with Crippen LogP contribution in [0.5, 0.6) is 11.5 Å². The molecular weight excluding hydrogens is 356 g/mol. The van der Waals surface area contributed by atoms with Crippen molar-refractivity contribution in [3.63, 3.8) is 0 Å². The average molecular weight is 378 g/mol. The number of hydrazone groups is 1. The minimum Gasteiger partial charge on any atom is -0.457 e. The molecule has 29 heavy (non-hydrogen) atoms. The number of para-hydroxylation sites is 2. The van der Waals surface area contributed by atoms with Gasteiger partial charge in [-0.1, -0.05) is 78.9 Å². The molecule has 0 radical (unpaired) electrons. The molecule has 0 amide bonds. The van der Waals surface area contributed by atoms with E-state index < -0.39 is 0 Å². The molecule has 0 atom stereocenters. The van der Waals surface area contributed by atoms with Crippen molar-refractivity contribution in [3.05, 3.63) is 126 Å². The van der Waals surface area contributed by atoms with Gasteiger partial charge in [-0.25, -0.2) is 0 Å². The third-order valence-electron chi connectivity index (χ3n) is 4.41. The van der Waals surface area contributed by atoms with Crippen LogP contribution >= 0.6 is 0 Å². The fourth-order valence-electron chi connectivity index (χ4n) is 2.97. The summed E-state index contributed by atoms with van der Waals surface area (Å²) in [6.45, 7) is 0.696. The molecule has 0 aliphatic rings. The standard InChI is InChI=1S/C26H22N2O/c1-4-11-22(12-5-1)21-28(24-14-6-2-7-15-24)27-20-23-13-10-18-26(19-23)29-25-16-8-3-9-17-25/h1-20H,21H2. The summed E-state index contributed by atoms with van der Waals surface area (Å²) in [5.74, 6) is 1.60. The van der Waals surface area contributed by atoms with Crippen LogP contribution in [0.25, 0.3) is 0 Å². The van der Waals surface area contributed by atoms with Gasteiger partial charge in [0.1, 0.15) is 11.5 Å². The predicted octanol–water partition coefficient (Wildman–Crippen LogP) is 6.52. The van der Waals surface area contributed by atoms with Crippen molar-refractivity contribution in [1.29, 1.82) is 0 Å². The van der Waals surface area contributed by atoms with Crippen LogP contribution < -0.4 is 9.75 Å². The number of hydrogen-bond donors (Lipinski definition) is 0. The molecule has 0 saturated carbocycles. The lowest BCUT2D eigenvalue weighted by Crippen LogP contribution is -2.16. The number of ether oxygens (including phenoxy) is 1. The van der Waals surface area contributed by atoms with Crippen molar-refractivity contribution >= 4 is 11.9 Å². The van der Waals surface area contributed by atoms with Crippen LogP contribution in [-0.2, 0) is 6.54 Å². The molecule has 0 aliphatic carbocycles. The molecular formula is C26H22N2O. The Balaban J connectivity index is 1.54. The molecule has 0 unspecified atom stereocenters. The maximum atomic E-state index is 5.93. The summed E-state index contributed by atoms with van der Waals surface area (Å²) >= 11 is 0. The molecule has 4 rings (SSSR count). The molecule has 0 aromatic heterocycles. The van der Waals surface area contributed by atoms with Crippen LogP contribution in [0.15, 0.2) is 120 Å². The lowest BCUT2D eigenvalue weighted by Gasteiger charge is -2.19. The van der Waals surface area contributed by atoms with Gasteiger partial charge < -0.3 is 4.74 Å². The van der Waals surface area contributed by atoms with Crippen LogP contribution in [-0.4, -0.2) is 6.21 Å². The van der Waals surface area contributed by atoms with E-state index in [0.29, 0.717) is 6.54 Å². The molecule has 0 saturated heterocycles. The Morgan fingerprint density at radius 3 is 2.00 bits per heavy atom. The number of rotatable bonds is 7. The highest BCUT2D eigenvalue weighted by Crippen LogP contribution is 2.22. The number of nitrogens with zero attached hydrogens (tertiary/aromatic N) is 2. The normalized spacial score (nSPS) is 10.8. The molecule has 0 N–H and O–H groups in total. The molecule has 4 aromatic carbocycles. The second-order valence-corrected chi connectivity index (χ2v) is 6.61. The van der Waals surface area contributed by atoms with E-state index in [2.05, 4.69) is 24.3 Å². The van der Waals surface area contributed by atoms with E-state index in [4.69, 9.17) is 9.84 Å². The second-order valence-electron chi connectivity index (χ2n) is 6.61. The van der Waals surface area contributed by atoms with Crippen LogP contribution in [0.2, 0.25) is 0 Å². The van der Waals surface area contributed by atoms with E-state index >= 15 is 0 Å². The predicted molar refractivity (Wildman–Crippen MR) is 120 cm³/mol. The van der Waals surface area contributed by atoms with Crippen molar-refractivity contribution < 1.29 is 4.74 Å². The first kappa shape index (κ1) is 18.5. The highest BCUT2D eigenvalue weighted by Gasteiger charge is 2.05. The van der Waals surface area contributed by atoms with E-state index in [0.717, 1.165) is 22.7 Å². The highest BCUT2D eigenvalue weighted by molar-refractivity contribution is 5.81. The van der Waals surface area contributed by atoms with Crippen LogP contribution in [0.4, 0.5) is 5.69 Å². The van der Waals surface area contributed by atoms with Gasteiger partial charge in [0.05, 0.1) is 18.4 Å². The number of anilines is 1. The first-order valence-corrected chi connectivity index (χ1v) is 9.60.